The van der Waals surface area contributed by atoms with E-state index in [2.05, 4.69) is 83.1 Å². The van der Waals surface area contributed by atoms with Gasteiger partial charge in [0.05, 0.1) is 23.3 Å². The number of nitrogens with two attached hydrogens (primary N) is 1. The lowest BCUT2D eigenvalue weighted by atomic mass is 9.60. The molecule has 4 N–H and O–H groups in total. The van der Waals surface area contributed by atoms with Gasteiger partial charge in [0.2, 0.25) is 5.91 Å². The van der Waals surface area contributed by atoms with E-state index in [0.717, 1.165) is 67.3 Å². The Hall–Kier alpha value is -5.89. The minimum Gasteiger partial charge on any atom is -0.507 e. The number of aromatic hydroxyl groups is 1. The molecule has 0 radical (unpaired) electrons. The van der Waals surface area contributed by atoms with Crippen LogP contribution in [0.4, 0.5) is 33.4 Å². The zero-order valence-electron chi connectivity index (χ0n) is 35.6. The second-order valence-corrected chi connectivity index (χ2v) is 19.1. The van der Waals surface area contributed by atoms with Gasteiger partial charge in [0.1, 0.15) is 11.4 Å². The van der Waals surface area contributed by atoms with Gasteiger partial charge in [0.25, 0.3) is 0 Å². The predicted octanol–water partition coefficient (Wildman–Crippen LogP) is 6.73. The Morgan fingerprint density at radius 3 is 2.34 bits per heavy atom. The second kappa shape index (κ2) is 15.5. The first-order valence-corrected chi connectivity index (χ1v) is 22.8. The summed E-state index contributed by atoms with van der Waals surface area (Å²) in [6.45, 7) is 10.1. The average molecular weight is 836 g/mol. The Balaban J connectivity index is 0.665. The third kappa shape index (κ3) is 7.05. The molecule has 1 saturated carbocycles. The van der Waals surface area contributed by atoms with Gasteiger partial charge >= 0.3 is 6.03 Å². The van der Waals surface area contributed by atoms with Crippen molar-refractivity contribution < 1.29 is 14.7 Å². The van der Waals surface area contributed by atoms with Crippen molar-refractivity contribution in [3.05, 3.63) is 78.6 Å². The number of urea groups is 1. The van der Waals surface area contributed by atoms with E-state index in [-0.39, 0.29) is 17.7 Å². The van der Waals surface area contributed by atoms with Gasteiger partial charge in [-0.15, -0.1) is 10.2 Å². The summed E-state index contributed by atoms with van der Waals surface area (Å²) >= 11 is 0. The fourth-order valence-electron chi connectivity index (χ4n) is 11.8. The number of fused-ring (bicyclic) bond motifs is 3. The van der Waals surface area contributed by atoms with Crippen molar-refractivity contribution in [3.63, 3.8) is 0 Å². The van der Waals surface area contributed by atoms with Crippen LogP contribution in [0, 0.1) is 18.3 Å². The molecule has 62 heavy (non-hydrogen) atoms. The summed E-state index contributed by atoms with van der Waals surface area (Å²) in [5, 5.41) is 22.6. The smallest absolute Gasteiger partial charge is 0.328 e. The number of likely N-dealkylation sites (tertiary alicyclic amines) is 1. The summed E-state index contributed by atoms with van der Waals surface area (Å²) in [4.78, 5) is 41.0. The van der Waals surface area contributed by atoms with Crippen LogP contribution in [0.15, 0.2) is 73.1 Å². The molecule has 2 aromatic carbocycles. The number of carbonyl (C=O) groups excluding carboxylic acids is 2. The summed E-state index contributed by atoms with van der Waals surface area (Å²) in [7, 11) is 0. The van der Waals surface area contributed by atoms with Gasteiger partial charge in [0, 0.05) is 92.3 Å². The molecule has 5 aliphatic heterocycles. The number of nitrogen functional groups attached to an aromatic ring is 1. The molecule has 5 aromatic rings. The second-order valence-electron chi connectivity index (χ2n) is 19.1. The first-order valence-electron chi connectivity index (χ1n) is 22.8. The molecule has 322 valence electrons. The van der Waals surface area contributed by atoms with Crippen LogP contribution in [-0.2, 0) is 4.79 Å². The van der Waals surface area contributed by atoms with Crippen LogP contribution in [0.25, 0.3) is 22.3 Å². The number of anilines is 5. The van der Waals surface area contributed by atoms with Crippen molar-refractivity contribution >= 4 is 51.5 Å². The Morgan fingerprint density at radius 2 is 1.58 bits per heavy atom. The van der Waals surface area contributed by atoms with E-state index in [4.69, 9.17) is 10.7 Å². The molecule has 6 fully saturated rings. The molecular weight excluding hydrogens is 779 g/mol. The van der Waals surface area contributed by atoms with Crippen LogP contribution in [0.3, 0.4) is 0 Å². The number of nitrogens with zero attached hydrogens (tertiary/aromatic N) is 9. The zero-order chi connectivity index (χ0) is 42.1. The van der Waals surface area contributed by atoms with Crippen molar-refractivity contribution in [3.8, 4) is 17.0 Å². The summed E-state index contributed by atoms with van der Waals surface area (Å²) < 4.78 is 2.38. The molecule has 14 nitrogen and oxygen atoms in total. The lowest BCUT2D eigenvalue weighted by Gasteiger charge is -2.53. The fraction of sp³-hybridized carbons (Fsp3) is 0.479. The highest BCUT2D eigenvalue weighted by molar-refractivity contribution is 6.06. The van der Waals surface area contributed by atoms with E-state index in [1.54, 1.807) is 17.2 Å². The van der Waals surface area contributed by atoms with E-state index < -0.39 is 0 Å². The number of aromatic nitrogens is 4. The summed E-state index contributed by atoms with van der Waals surface area (Å²) in [5.41, 5.74) is 14.6. The van der Waals surface area contributed by atoms with Crippen molar-refractivity contribution in [1.82, 2.24) is 30.0 Å². The molecule has 5 saturated heterocycles. The van der Waals surface area contributed by atoms with E-state index >= 15 is 0 Å². The third-order valence-corrected chi connectivity index (χ3v) is 15.3. The molecule has 11 rings (SSSR count). The first kappa shape index (κ1) is 39.0. The molecule has 14 heteroatoms. The number of nitrogens with one attached hydrogen (secondary N) is 1. The monoisotopic (exact) mass is 835 g/mol. The maximum atomic E-state index is 12.5. The van der Waals surface area contributed by atoms with Gasteiger partial charge in [-0.1, -0.05) is 18.2 Å². The number of para-hydroxylation sites is 1. The lowest BCUT2D eigenvalue weighted by molar-refractivity contribution is -0.120. The molecule has 3 aromatic heterocycles. The van der Waals surface area contributed by atoms with Crippen molar-refractivity contribution in [1.29, 1.82) is 0 Å². The number of hydrogen-bond donors (Lipinski definition) is 3. The fourth-order valence-corrected chi connectivity index (χ4v) is 11.8. The summed E-state index contributed by atoms with van der Waals surface area (Å²) in [6, 6.07) is 21.4. The minimum atomic E-state index is -0.372. The number of aryl methyl sites for hydroxylation is 1. The SMILES string of the molecule is Cc1cn(C2CC3(CCN(CC4CCN(c5cccc(N6C7CCC6CN(c6cc(-c8ccccc8O)nnc6N)C7)c5)CC4)CC3)C2)c2ncc(N3CCC(=O)NC3=O)cc12. The molecule has 8 heterocycles. The molecule has 3 amide bonds. The van der Waals surface area contributed by atoms with Crippen molar-refractivity contribution in [2.75, 3.05) is 77.7 Å². The Kier molecular flexibility index (Phi) is 9.73. The molecule has 6 aliphatic rings. The number of amides is 3. The van der Waals surface area contributed by atoms with Gasteiger partial charge in [-0.25, -0.2) is 9.78 Å². The van der Waals surface area contributed by atoms with Crippen molar-refractivity contribution in [2.24, 2.45) is 11.3 Å². The number of phenols is 1. The van der Waals surface area contributed by atoms with Crippen LogP contribution in [0.5, 0.6) is 5.75 Å². The average Bonchev–Trinajstić information content (AvgIpc) is 3.74. The largest absolute Gasteiger partial charge is 0.507 e. The molecule has 2 atom stereocenters. The molecule has 1 aliphatic carbocycles. The third-order valence-electron chi connectivity index (χ3n) is 15.3. The number of imide groups is 1. The standard InChI is InChI=1S/C48H57N11O3/c1-31-27-58(46-40(31)22-37(26-50-46)57-18-13-44(61)51-47(57)62)38-24-48(25-38)14-19-54(20-15-48)28-32-11-16-55(17-12-32)33-5-4-6-34(21-33)59-35-9-10-36(59)30-56(29-35)42-23-41(52-53-45(42)49)39-7-2-3-8-43(39)60/h2-8,21-23,26-27,32,35-36,38,60H,9-20,24-25,28-30H2,1H3,(H2,49,53)(H,51,61,62). The lowest BCUT2D eigenvalue weighted by Crippen LogP contribution is -2.54. The number of benzene rings is 2. The van der Waals surface area contributed by atoms with Crippen LogP contribution in [-0.4, -0.2) is 106 Å². The van der Waals surface area contributed by atoms with E-state index in [1.165, 1.54) is 75.1 Å². The number of phenolic OH excluding ortho intramolecular Hbond substituents is 1. The number of carbonyl (C=O) groups is 2. The Morgan fingerprint density at radius 1 is 0.823 bits per heavy atom. The van der Waals surface area contributed by atoms with Gasteiger partial charge in [-0.05, 0) is 131 Å². The Labute approximate surface area is 362 Å². The van der Waals surface area contributed by atoms with Crippen LogP contribution < -0.4 is 30.7 Å². The minimum absolute atomic E-state index is 0.188. The van der Waals surface area contributed by atoms with Crippen LogP contribution >= 0.6 is 0 Å². The zero-order valence-corrected chi connectivity index (χ0v) is 35.6. The molecule has 1 spiro atoms. The molecule has 2 unspecified atom stereocenters. The number of hydrogen-bond acceptors (Lipinski definition) is 11. The Bertz CT molecular complexity index is 2500. The van der Waals surface area contributed by atoms with Crippen molar-refractivity contribution in [2.45, 2.75) is 82.8 Å². The summed E-state index contributed by atoms with van der Waals surface area (Å²) in [5.74, 6) is 1.13. The van der Waals surface area contributed by atoms with Crippen LogP contribution in [0.1, 0.15) is 69.4 Å². The highest BCUT2D eigenvalue weighted by Crippen LogP contribution is 2.55. The van der Waals surface area contributed by atoms with E-state index in [9.17, 15) is 14.7 Å². The topological polar surface area (TPSA) is 152 Å². The quantitative estimate of drug-likeness (QED) is 0.153. The predicted molar refractivity (Wildman–Crippen MR) is 243 cm³/mol. The maximum Gasteiger partial charge on any atom is 0.328 e. The molecular formula is C48H57N11O3. The van der Waals surface area contributed by atoms with E-state index in [1.807, 2.05) is 24.3 Å². The maximum absolute atomic E-state index is 12.5. The number of pyridine rings is 1. The first-order chi connectivity index (χ1) is 30.2. The van der Waals surface area contributed by atoms with Crippen LogP contribution in [0.2, 0.25) is 0 Å². The number of piperidine rings is 2. The highest BCUT2D eigenvalue weighted by Gasteiger charge is 2.47. The molecule has 2 bridgehead atoms. The number of rotatable bonds is 8. The highest BCUT2D eigenvalue weighted by atomic mass is 16.3. The summed E-state index contributed by atoms with van der Waals surface area (Å²) in [6.07, 6.45) is 14.1. The number of piperazine rings is 1. The normalized spacial score (nSPS) is 23.4. The van der Waals surface area contributed by atoms with Gasteiger partial charge < -0.3 is 35.0 Å². The van der Waals surface area contributed by atoms with Gasteiger partial charge in [-0.2, -0.15) is 0 Å². The van der Waals surface area contributed by atoms with Gasteiger partial charge in [0.15, 0.2) is 5.82 Å². The van der Waals surface area contributed by atoms with E-state index in [0.29, 0.717) is 53.6 Å². The van der Waals surface area contributed by atoms with Gasteiger partial charge in [-0.3, -0.25) is 15.0 Å².